The number of aliphatic hydroxyl groups is 1. The summed E-state index contributed by atoms with van der Waals surface area (Å²) in [7, 11) is -2.54. The van der Waals surface area contributed by atoms with E-state index in [1.807, 2.05) is 6.92 Å². The van der Waals surface area contributed by atoms with Crippen LogP contribution < -0.4 is 0 Å². The summed E-state index contributed by atoms with van der Waals surface area (Å²) in [4.78, 5) is 11.6. The van der Waals surface area contributed by atoms with Crippen LogP contribution in [0.4, 0.5) is 8.78 Å². The van der Waals surface area contributed by atoms with Gasteiger partial charge in [-0.1, -0.05) is 29.8 Å². The lowest BCUT2D eigenvalue weighted by atomic mass is 9.85. The Balaban J connectivity index is 1.68. The first kappa shape index (κ1) is 23.3. The Kier molecular flexibility index (Phi) is 6.78. The number of esters is 1. The fraction of sp³-hybridized carbons (Fsp3) is 0.409. The molecule has 6 nitrogen and oxygen atoms in total. The molecule has 1 N–H and O–H groups in total. The average molecular weight is 454 g/mol. The number of sulfonamides is 1. The zero-order valence-electron chi connectivity index (χ0n) is 17.3. The molecule has 0 spiro atoms. The zero-order valence-corrected chi connectivity index (χ0v) is 18.1. The van der Waals surface area contributed by atoms with Gasteiger partial charge in [0.2, 0.25) is 10.0 Å². The van der Waals surface area contributed by atoms with Crippen LogP contribution in [0.3, 0.4) is 0 Å². The Morgan fingerprint density at radius 2 is 1.65 bits per heavy atom. The normalized spacial score (nSPS) is 17.3. The van der Waals surface area contributed by atoms with Crippen molar-refractivity contribution < 1.29 is 31.8 Å². The molecule has 9 heteroatoms. The number of methoxy groups -OCH3 is 1. The van der Waals surface area contributed by atoms with Crippen LogP contribution in [0.15, 0.2) is 53.4 Å². The Labute approximate surface area is 180 Å². The molecule has 1 atom stereocenters. The van der Waals surface area contributed by atoms with Crippen LogP contribution in [0.1, 0.15) is 40.4 Å². The maximum Gasteiger partial charge on any atom is 0.337 e. The van der Waals surface area contributed by atoms with Gasteiger partial charge in [0, 0.05) is 19.0 Å². The molecule has 3 rings (SSSR count). The first-order valence-corrected chi connectivity index (χ1v) is 11.3. The molecule has 2 aromatic carbocycles. The molecule has 2 aromatic rings. The average Bonchev–Trinajstić information content (AvgIpc) is 2.78. The van der Waals surface area contributed by atoms with Gasteiger partial charge in [-0.3, -0.25) is 0 Å². The molecule has 0 aromatic heterocycles. The number of aliphatic hydroxyl groups excluding tert-OH is 1. The summed E-state index contributed by atoms with van der Waals surface area (Å²) in [5.74, 6) is -5.23. The number of aryl methyl sites for hydroxylation is 1. The third-order valence-electron chi connectivity index (χ3n) is 5.67. The summed E-state index contributed by atoms with van der Waals surface area (Å²) in [6.07, 6.45) is -2.21. The molecule has 1 heterocycles. The maximum absolute atomic E-state index is 15.0. The van der Waals surface area contributed by atoms with Crippen molar-refractivity contribution in [1.82, 2.24) is 4.31 Å². The number of carbonyl (C=O) groups is 1. The van der Waals surface area contributed by atoms with Gasteiger partial charge in [-0.15, -0.1) is 0 Å². The summed E-state index contributed by atoms with van der Waals surface area (Å²) < 4.78 is 61.3. The van der Waals surface area contributed by atoms with E-state index >= 15 is 0 Å². The molecule has 0 bridgehead atoms. The van der Waals surface area contributed by atoms with E-state index in [0.29, 0.717) is 0 Å². The van der Waals surface area contributed by atoms with Crippen LogP contribution in [0.5, 0.6) is 0 Å². The third kappa shape index (κ3) is 4.78. The second-order valence-corrected chi connectivity index (χ2v) is 9.62. The van der Waals surface area contributed by atoms with Gasteiger partial charge < -0.3 is 9.84 Å². The van der Waals surface area contributed by atoms with Crippen LogP contribution in [-0.4, -0.2) is 49.9 Å². The molecule has 0 radical (unpaired) electrons. The van der Waals surface area contributed by atoms with Crippen molar-refractivity contribution in [1.29, 1.82) is 0 Å². The number of rotatable bonds is 6. The second-order valence-electron chi connectivity index (χ2n) is 7.68. The lowest BCUT2D eigenvalue weighted by molar-refractivity contribution is -0.158. The van der Waals surface area contributed by atoms with Crippen LogP contribution >= 0.6 is 0 Å². The first-order chi connectivity index (χ1) is 14.6. The first-order valence-electron chi connectivity index (χ1n) is 9.88. The Morgan fingerprint density at radius 1 is 1.10 bits per heavy atom. The highest BCUT2D eigenvalue weighted by Gasteiger charge is 2.48. The second kappa shape index (κ2) is 9.02. The zero-order chi connectivity index (χ0) is 22.8. The van der Waals surface area contributed by atoms with Crippen molar-refractivity contribution >= 4 is 16.0 Å². The van der Waals surface area contributed by atoms with E-state index in [1.54, 1.807) is 12.1 Å². The number of piperidine rings is 1. The molecular weight excluding hydrogens is 428 g/mol. The molecule has 168 valence electrons. The molecule has 0 saturated carbocycles. The maximum atomic E-state index is 15.0. The molecule has 1 fully saturated rings. The molecular formula is C22H25F2NO5S. The predicted octanol–water partition coefficient (Wildman–Crippen LogP) is 3.55. The Hall–Kier alpha value is -2.36. The lowest BCUT2D eigenvalue weighted by Crippen LogP contribution is -2.45. The largest absolute Gasteiger partial charge is 0.465 e. The van der Waals surface area contributed by atoms with E-state index in [9.17, 15) is 27.1 Å². The fourth-order valence-electron chi connectivity index (χ4n) is 3.71. The summed E-state index contributed by atoms with van der Waals surface area (Å²) in [5, 5.41) is 10.3. The van der Waals surface area contributed by atoms with Crippen molar-refractivity contribution in [2.24, 2.45) is 5.92 Å². The highest BCUT2D eigenvalue weighted by Crippen LogP contribution is 2.43. The monoisotopic (exact) mass is 453 g/mol. The van der Waals surface area contributed by atoms with Crippen molar-refractivity contribution in [2.45, 2.75) is 36.7 Å². The molecule has 1 aliphatic heterocycles. The molecule has 0 aliphatic carbocycles. The van der Waals surface area contributed by atoms with Crippen LogP contribution in [-0.2, 0) is 14.8 Å². The molecule has 1 aliphatic rings. The minimum Gasteiger partial charge on any atom is -0.465 e. The SMILES string of the molecule is COC(=O)c1ccc(C(O)C(F)(F)C2CCN(S(=O)(=O)c3ccc(C)cc3)CC2)cc1. The fourth-order valence-corrected chi connectivity index (χ4v) is 5.17. The predicted molar refractivity (Wildman–Crippen MR) is 110 cm³/mol. The quantitative estimate of drug-likeness (QED) is 0.677. The Bertz CT molecular complexity index is 1010. The molecule has 1 saturated heterocycles. The van der Waals surface area contributed by atoms with Crippen molar-refractivity contribution in [3.05, 3.63) is 65.2 Å². The van der Waals surface area contributed by atoms with Gasteiger partial charge in [-0.05, 0) is 49.6 Å². The van der Waals surface area contributed by atoms with E-state index in [4.69, 9.17) is 0 Å². The molecule has 0 amide bonds. The summed E-state index contributed by atoms with van der Waals surface area (Å²) >= 11 is 0. The Morgan fingerprint density at radius 3 is 2.16 bits per heavy atom. The summed E-state index contributed by atoms with van der Waals surface area (Å²) in [6.45, 7) is 1.74. The van der Waals surface area contributed by atoms with Gasteiger partial charge in [0.05, 0.1) is 17.6 Å². The standard InChI is InChI=1S/C22H25F2NO5S/c1-15-3-9-19(10-4-15)31(28,29)25-13-11-18(12-14-25)22(23,24)20(26)16-5-7-17(8-6-16)21(27)30-2/h3-10,18,20,26H,11-14H2,1-2H3. The summed E-state index contributed by atoms with van der Waals surface area (Å²) in [6, 6.07) is 11.6. The number of benzene rings is 2. The van der Waals surface area contributed by atoms with Crippen molar-refractivity contribution in [3.63, 3.8) is 0 Å². The number of hydrogen-bond donors (Lipinski definition) is 1. The van der Waals surface area contributed by atoms with Gasteiger partial charge in [0.25, 0.3) is 5.92 Å². The minimum atomic E-state index is -3.75. The van der Waals surface area contributed by atoms with E-state index in [2.05, 4.69) is 4.74 Å². The van der Waals surface area contributed by atoms with Crippen molar-refractivity contribution in [2.75, 3.05) is 20.2 Å². The summed E-state index contributed by atoms with van der Waals surface area (Å²) in [5.41, 5.74) is 1.09. The number of carbonyl (C=O) groups excluding carboxylic acids is 1. The minimum absolute atomic E-state index is 0.0210. The van der Waals surface area contributed by atoms with E-state index in [-0.39, 0.29) is 42.0 Å². The van der Waals surface area contributed by atoms with Gasteiger partial charge in [0.1, 0.15) is 6.10 Å². The highest BCUT2D eigenvalue weighted by molar-refractivity contribution is 7.89. The van der Waals surface area contributed by atoms with E-state index < -0.39 is 33.9 Å². The van der Waals surface area contributed by atoms with E-state index in [1.165, 1.54) is 47.8 Å². The third-order valence-corrected chi connectivity index (χ3v) is 7.58. The van der Waals surface area contributed by atoms with Crippen LogP contribution in [0, 0.1) is 12.8 Å². The lowest BCUT2D eigenvalue weighted by Gasteiger charge is -2.37. The van der Waals surface area contributed by atoms with Gasteiger partial charge >= 0.3 is 5.97 Å². The van der Waals surface area contributed by atoms with Gasteiger partial charge in [-0.2, -0.15) is 4.31 Å². The van der Waals surface area contributed by atoms with Crippen molar-refractivity contribution in [3.8, 4) is 0 Å². The molecule has 31 heavy (non-hydrogen) atoms. The van der Waals surface area contributed by atoms with Crippen LogP contribution in [0.25, 0.3) is 0 Å². The topological polar surface area (TPSA) is 83.9 Å². The van der Waals surface area contributed by atoms with Crippen LogP contribution in [0.2, 0.25) is 0 Å². The number of nitrogens with zero attached hydrogens (tertiary/aromatic N) is 1. The number of hydrogen-bond acceptors (Lipinski definition) is 5. The smallest absolute Gasteiger partial charge is 0.337 e. The van der Waals surface area contributed by atoms with Gasteiger partial charge in [-0.25, -0.2) is 22.0 Å². The van der Waals surface area contributed by atoms with E-state index in [0.717, 1.165) is 5.56 Å². The highest BCUT2D eigenvalue weighted by atomic mass is 32.2. The number of halogens is 2. The molecule has 1 unspecified atom stereocenters. The number of alkyl halides is 2. The number of ether oxygens (including phenoxy) is 1. The van der Waals surface area contributed by atoms with Gasteiger partial charge in [0.15, 0.2) is 0 Å².